The summed E-state index contributed by atoms with van der Waals surface area (Å²) in [5.74, 6) is -1.03. The Bertz CT molecular complexity index is 365. The minimum absolute atomic E-state index is 0.0233. The van der Waals surface area contributed by atoms with Gasteiger partial charge in [-0.05, 0) is 46.2 Å². The zero-order valence-electron chi connectivity index (χ0n) is 12.3. The van der Waals surface area contributed by atoms with Crippen LogP contribution in [-0.4, -0.2) is 66.2 Å². The Morgan fingerprint density at radius 1 is 1.15 bits per heavy atom. The molecule has 0 spiro atoms. The molecule has 0 radical (unpaired) electrons. The first-order valence-electron chi connectivity index (χ1n) is 7.42. The maximum atomic E-state index is 12.2. The van der Waals surface area contributed by atoms with E-state index in [-0.39, 0.29) is 18.0 Å². The van der Waals surface area contributed by atoms with Crippen LogP contribution in [0.2, 0.25) is 0 Å². The van der Waals surface area contributed by atoms with Crippen LogP contribution >= 0.6 is 0 Å². The maximum absolute atomic E-state index is 12.2. The van der Waals surface area contributed by atoms with Crippen molar-refractivity contribution < 1.29 is 14.7 Å². The number of nitrogens with zero attached hydrogens (tertiary/aromatic N) is 2. The van der Waals surface area contributed by atoms with Crippen LogP contribution in [0.4, 0.5) is 4.79 Å². The number of carboxylic acid groups (broad SMARTS) is 1. The third-order valence-electron chi connectivity index (χ3n) is 4.59. The molecule has 2 N–H and O–H groups in total. The summed E-state index contributed by atoms with van der Waals surface area (Å²) in [7, 11) is 4.15. The van der Waals surface area contributed by atoms with E-state index in [4.69, 9.17) is 5.11 Å². The van der Waals surface area contributed by atoms with E-state index in [1.165, 1.54) is 0 Å². The zero-order chi connectivity index (χ0) is 14.7. The Balaban J connectivity index is 1.75. The van der Waals surface area contributed by atoms with E-state index in [0.29, 0.717) is 18.9 Å². The van der Waals surface area contributed by atoms with Gasteiger partial charge in [0.05, 0.1) is 5.92 Å². The predicted molar refractivity (Wildman–Crippen MR) is 75.6 cm³/mol. The van der Waals surface area contributed by atoms with E-state index < -0.39 is 5.97 Å². The fourth-order valence-corrected chi connectivity index (χ4v) is 3.19. The van der Waals surface area contributed by atoms with E-state index in [0.717, 1.165) is 32.4 Å². The first-order valence-corrected chi connectivity index (χ1v) is 7.42. The van der Waals surface area contributed by atoms with Crippen molar-refractivity contribution in [2.45, 2.75) is 44.2 Å². The Morgan fingerprint density at radius 2 is 1.80 bits per heavy atom. The summed E-state index contributed by atoms with van der Waals surface area (Å²) < 4.78 is 0. The summed E-state index contributed by atoms with van der Waals surface area (Å²) in [6.07, 6.45) is 4.01. The van der Waals surface area contributed by atoms with Gasteiger partial charge in [0, 0.05) is 25.2 Å². The van der Waals surface area contributed by atoms with Gasteiger partial charge in [-0.25, -0.2) is 4.79 Å². The van der Waals surface area contributed by atoms with Gasteiger partial charge in [0.15, 0.2) is 0 Å². The van der Waals surface area contributed by atoms with Crippen LogP contribution in [0.15, 0.2) is 0 Å². The molecule has 114 valence electrons. The average molecular weight is 283 g/mol. The van der Waals surface area contributed by atoms with E-state index in [2.05, 4.69) is 24.3 Å². The molecule has 2 atom stereocenters. The molecule has 0 aromatic heterocycles. The van der Waals surface area contributed by atoms with Crippen LogP contribution < -0.4 is 5.32 Å². The summed E-state index contributed by atoms with van der Waals surface area (Å²) in [6, 6.07) is 0.551. The van der Waals surface area contributed by atoms with Crippen LogP contribution in [0.25, 0.3) is 0 Å². The molecule has 1 aliphatic carbocycles. The summed E-state index contributed by atoms with van der Waals surface area (Å²) >= 11 is 0. The number of hydrogen-bond acceptors (Lipinski definition) is 3. The Kier molecular flexibility index (Phi) is 4.86. The van der Waals surface area contributed by atoms with Gasteiger partial charge in [-0.2, -0.15) is 0 Å². The largest absolute Gasteiger partial charge is 0.481 e. The van der Waals surface area contributed by atoms with Crippen LogP contribution in [0, 0.1) is 5.92 Å². The predicted octanol–water partition coefficient (Wildman–Crippen LogP) is 0.975. The number of carboxylic acids is 1. The third kappa shape index (κ3) is 3.62. The van der Waals surface area contributed by atoms with Crippen molar-refractivity contribution in [1.29, 1.82) is 0 Å². The Hall–Kier alpha value is -1.30. The number of nitrogens with one attached hydrogen (secondary N) is 1. The van der Waals surface area contributed by atoms with Crippen molar-refractivity contribution >= 4 is 12.0 Å². The van der Waals surface area contributed by atoms with Gasteiger partial charge in [-0.1, -0.05) is 0 Å². The summed E-state index contributed by atoms with van der Waals surface area (Å²) in [5, 5.41) is 12.0. The lowest BCUT2D eigenvalue weighted by atomic mass is 10.0. The fourth-order valence-electron chi connectivity index (χ4n) is 3.19. The van der Waals surface area contributed by atoms with Crippen molar-refractivity contribution in [2.75, 3.05) is 27.2 Å². The van der Waals surface area contributed by atoms with Crippen LogP contribution in [0.3, 0.4) is 0 Å². The summed E-state index contributed by atoms with van der Waals surface area (Å²) in [6.45, 7) is 1.56. The smallest absolute Gasteiger partial charge is 0.317 e. The van der Waals surface area contributed by atoms with Crippen LogP contribution in [-0.2, 0) is 4.79 Å². The van der Waals surface area contributed by atoms with Crippen molar-refractivity contribution in [3.63, 3.8) is 0 Å². The number of rotatable bonds is 3. The topological polar surface area (TPSA) is 72.9 Å². The third-order valence-corrected chi connectivity index (χ3v) is 4.59. The van der Waals surface area contributed by atoms with E-state index in [1.54, 1.807) is 0 Å². The van der Waals surface area contributed by atoms with Gasteiger partial charge in [0.25, 0.3) is 0 Å². The Morgan fingerprint density at radius 3 is 2.30 bits per heavy atom. The fraction of sp³-hybridized carbons (Fsp3) is 0.857. The highest BCUT2D eigenvalue weighted by molar-refractivity contribution is 5.75. The molecule has 20 heavy (non-hydrogen) atoms. The van der Waals surface area contributed by atoms with Crippen LogP contribution in [0.5, 0.6) is 0 Å². The van der Waals surface area contributed by atoms with Gasteiger partial charge >= 0.3 is 12.0 Å². The molecule has 0 bridgehead atoms. The lowest BCUT2D eigenvalue weighted by molar-refractivity contribution is -0.141. The molecule has 6 nitrogen and oxygen atoms in total. The number of piperidine rings is 1. The van der Waals surface area contributed by atoms with Crippen molar-refractivity contribution in [3.8, 4) is 0 Å². The first-order chi connectivity index (χ1) is 9.47. The number of amides is 2. The maximum Gasteiger partial charge on any atom is 0.317 e. The molecular formula is C14H25N3O3. The molecule has 0 aromatic carbocycles. The summed E-state index contributed by atoms with van der Waals surface area (Å²) in [5.41, 5.74) is 0. The van der Waals surface area contributed by atoms with Gasteiger partial charge in [-0.3, -0.25) is 4.79 Å². The number of aliphatic carboxylic acids is 1. The standard InChI is InChI=1S/C14H25N3O3/c1-16(2)12-5-7-17(8-6-12)14(20)15-11-4-3-10(9-11)13(18)19/h10-12H,3-9H2,1-2H3,(H,15,20)(H,18,19). The molecule has 1 heterocycles. The van der Waals surface area contributed by atoms with Gasteiger partial charge in [0.1, 0.15) is 0 Å². The number of likely N-dealkylation sites (tertiary alicyclic amines) is 1. The molecular weight excluding hydrogens is 258 g/mol. The molecule has 1 saturated heterocycles. The minimum Gasteiger partial charge on any atom is -0.481 e. The monoisotopic (exact) mass is 283 g/mol. The first kappa shape index (κ1) is 15.1. The zero-order valence-corrected chi connectivity index (χ0v) is 12.3. The van der Waals surface area contributed by atoms with Crippen molar-refractivity contribution in [1.82, 2.24) is 15.1 Å². The number of hydrogen-bond donors (Lipinski definition) is 2. The Labute approximate surface area is 120 Å². The molecule has 1 saturated carbocycles. The normalized spacial score (nSPS) is 27.9. The molecule has 2 amide bonds. The van der Waals surface area contributed by atoms with E-state index in [1.807, 2.05) is 4.90 Å². The number of carbonyl (C=O) groups excluding carboxylic acids is 1. The molecule has 0 aromatic rings. The van der Waals surface area contributed by atoms with Crippen molar-refractivity contribution in [2.24, 2.45) is 5.92 Å². The van der Waals surface area contributed by atoms with Gasteiger partial charge < -0.3 is 20.2 Å². The second kappa shape index (κ2) is 6.43. The molecule has 1 aliphatic heterocycles. The second-order valence-corrected chi connectivity index (χ2v) is 6.18. The highest BCUT2D eigenvalue weighted by Gasteiger charge is 2.32. The van der Waals surface area contributed by atoms with Crippen molar-refractivity contribution in [3.05, 3.63) is 0 Å². The highest BCUT2D eigenvalue weighted by atomic mass is 16.4. The van der Waals surface area contributed by atoms with E-state index >= 15 is 0 Å². The number of carbonyl (C=O) groups is 2. The summed E-state index contributed by atoms with van der Waals surface area (Å²) in [4.78, 5) is 27.1. The van der Waals surface area contributed by atoms with Gasteiger partial charge in [-0.15, -0.1) is 0 Å². The average Bonchev–Trinajstić information content (AvgIpc) is 2.87. The second-order valence-electron chi connectivity index (χ2n) is 6.18. The van der Waals surface area contributed by atoms with Crippen LogP contribution in [0.1, 0.15) is 32.1 Å². The van der Waals surface area contributed by atoms with E-state index in [9.17, 15) is 9.59 Å². The molecule has 2 aliphatic rings. The number of urea groups is 1. The molecule has 6 heteroatoms. The molecule has 2 unspecified atom stereocenters. The lowest BCUT2D eigenvalue weighted by Gasteiger charge is -2.35. The minimum atomic E-state index is -0.742. The molecule has 2 fully saturated rings. The SMILES string of the molecule is CN(C)C1CCN(C(=O)NC2CCC(C(=O)O)C2)CC1. The van der Waals surface area contributed by atoms with Gasteiger partial charge in [0.2, 0.25) is 0 Å². The quantitative estimate of drug-likeness (QED) is 0.809. The molecule has 2 rings (SSSR count). The highest BCUT2D eigenvalue weighted by Crippen LogP contribution is 2.26. The lowest BCUT2D eigenvalue weighted by Crippen LogP contribution is -2.50.